The molecule has 0 bridgehead atoms. The van der Waals surface area contributed by atoms with Crippen molar-refractivity contribution in [1.82, 2.24) is 20.1 Å². The molecule has 3 rings (SSSR count). The third kappa shape index (κ3) is 5.75. The summed E-state index contributed by atoms with van der Waals surface area (Å²) >= 11 is 0. The summed E-state index contributed by atoms with van der Waals surface area (Å²) in [6, 6.07) is 11.3. The maximum atomic E-state index is 12.9. The Bertz CT molecular complexity index is 962. The lowest BCUT2D eigenvalue weighted by molar-refractivity contribution is 0.0949. The molecule has 0 fully saturated rings. The average Bonchev–Trinajstić information content (AvgIpc) is 3.28. The molecule has 0 aliphatic rings. The summed E-state index contributed by atoms with van der Waals surface area (Å²) in [5.74, 6) is 1.28. The van der Waals surface area contributed by atoms with E-state index in [9.17, 15) is 4.79 Å². The molecular weight excluding hydrogens is 396 g/mol. The number of amides is 1. The fourth-order valence-electron chi connectivity index (χ4n) is 3.17. The number of carbonyl (C=O) groups excluding carboxylic acids is 1. The van der Waals surface area contributed by atoms with Crippen molar-refractivity contribution in [3.63, 3.8) is 0 Å². The number of hydrogen-bond donors (Lipinski definition) is 1. The highest BCUT2D eigenvalue weighted by Gasteiger charge is 2.18. The molecule has 0 saturated heterocycles. The molecule has 2 aromatic carbocycles. The zero-order chi connectivity index (χ0) is 22.1. The van der Waals surface area contributed by atoms with E-state index in [-0.39, 0.29) is 5.91 Å². The maximum absolute atomic E-state index is 12.9. The van der Waals surface area contributed by atoms with Gasteiger partial charge in [-0.3, -0.25) is 4.79 Å². The fourth-order valence-corrected chi connectivity index (χ4v) is 3.17. The molecule has 0 aliphatic heterocycles. The molecule has 1 heterocycles. The molecule has 31 heavy (non-hydrogen) atoms. The van der Waals surface area contributed by atoms with Gasteiger partial charge < -0.3 is 19.5 Å². The van der Waals surface area contributed by atoms with E-state index in [0.717, 1.165) is 11.1 Å². The number of carbonyl (C=O) groups is 1. The third-order valence-corrected chi connectivity index (χ3v) is 4.53. The summed E-state index contributed by atoms with van der Waals surface area (Å²) in [5, 5.41) is 7.14. The first-order valence-electron chi connectivity index (χ1n) is 10.4. The lowest BCUT2D eigenvalue weighted by Crippen LogP contribution is -2.24. The van der Waals surface area contributed by atoms with Crippen LogP contribution in [0.15, 0.2) is 49.1 Å². The largest absolute Gasteiger partial charge is 0.490 e. The number of ether oxygens (including phenoxy) is 3. The second-order valence-electron chi connectivity index (χ2n) is 6.65. The van der Waals surface area contributed by atoms with E-state index in [1.807, 2.05) is 45.0 Å². The molecule has 0 saturated carbocycles. The molecule has 0 atom stereocenters. The Labute approximate surface area is 182 Å². The van der Waals surface area contributed by atoms with Gasteiger partial charge in [-0.25, -0.2) is 9.67 Å². The molecule has 0 unspecified atom stereocenters. The van der Waals surface area contributed by atoms with Gasteiger partial charge in [0.05, 0.1) is 26.4 Å². The number of rotatable bonds is 11. The van der Waals surface area contributed by atoms with Crippen molar-refractivity contribution in [1.29, 1.82) is 0 Å². The van der Waals surface area contributed by atoms with Crippen LogP contribution in [-0.4, -0.2) is 40.5 Å². The molecule has 8 heteroatoms. The highest BCUT2D eigenvalue weighted by Crippen LogP contribution is 2.39. The van der Waals surface area contributed by atoms with Crippen LogP contribution in [0.2, 0.25) is 0 Å². The lowest BCUT2D eigenvalue weighted by atomic mass is 10.1. The molecular formula is C23H28N4O4. The number of benzene rings is 2. The summed E-state index contributed by atoms with van der Waals surface area (Å²) in [6.45, 7) is 7.99. The van der Waals surface area contributed by atoms with Gasteiger partial charge in [0.1, 0.15) is 12.7 Å². The number of nitrogens with one attached hydrogen (secondary N) is 1. The minimum Gasteiger partial charge on any atom is -0.490 e. The van der Waals surface area contributed by atoms with E-state index in [1.165, 1.54) is 6.33 Å². The quantitative estimate of drug-likeness (QED) is 0.507. The summed E-state index contributed by atoms with van der Waals surface area (Å²) in [4.78, 5) is 16.9. The van der Waals surface area contributed by atoms with Gasteiger partial charge in [0.2, 0.25) is 5.75 Å². The fraction of sp³-hybridized carbons (Fsp3) is 0.348. The Kier molecular flexibility index (Phi) is 7.86. The summed E-state index contributed by atoms with van der Waals surface area (Å²) in [6.07, 6.45) is 3.17. The number of hydrogen-bond acceptors (Lipinski definition) is 6. The Morgan fingerprint density at radius 2 is 1.61 bits per heavy atom. The number of nitrogens with zero attached hydrogens (tertiary/aromatic N) is 3. The summed E-state index contributed by atoms with van der Waals surface area (Å²) in [5.41, 5.74) is 2.52. The van der Waals surface area contributed by atoms with Gasteiger partial charge in [-0.15, -0.1) is 0 Å². The van der Waals surface area contributed by atoms with Gasteiger partial charge in [-0.1, -0.05) is 24.3 Å². The van der Waals surface area contributed by atoms with E-state index in [2.05, 4.69) is 15.4 Å². The Morgan fingerprint density at radius 3 is 2.19 bits per heavy atom. The molecule has 164 valence electrons. The van der Waals surface area contributed by atoms with Crippen molar-refractivity contribution >= 4 is 5.91 Å². The van der Waals surface area contributed by atoms with Gasteiger partial charge in [0.25, 0.3) is 5.91 Å². The number of aromatic nitrogens is 3. The molecule has 0 spiro atoms. The zero-order valence-electron chi connectivity index (χ0n) is 18.1. The van der Waals surface area contributed by atoms with E-state index in [0.29, 0.717) is 55.7 Å². The van der Waals surface area contributed by atoms with Gasteiger partial charge >= 0.3 is 0 Å². The van der Waals surface area contributed by atoms with Crippen LogP contribution in [0.5, 0.6) is 17.2 Å². The average molecular weight is 425 g/mol. The van der Waals surface area contributed by atoms with Crippen LogP contribution < -0.4 is 19.5 Å². The van der Waals surface area contributed by atoms with Crippen molar-refractivity contribution in [2.24, 2.45) is 0 Å². The van der Waals surface area contributed by atoms with Crippen molar-refractivity contribution < 1.29 is 19.0 Å². The smallest absolute Gasteiger partial charge is 0.251 e. The lowest BCUT2D eigenvalue weighted by Gasteiger charge is -2.17. The van der Waals surface area contributed by atoms with Crippen LogP contribution in [0.25, 0.3) is 0 Å². The standard InChI is InChI=1S/C23H28N4O4/c1-4-29-20-11-19(12-21(30-5-2)22(20)31-6-3)23(28)25-13-17-9-7-8-10-18(17)14-27-16-24-15-26-27/h7-12,15-16H,4-6,13-14H2,1-3H3,(H,25,28). The van der Waals surface area contributed by atoms with E-state index >= 15 is 0 Å². The third-order valence-electron chi connectivity index (χ3n) is 4.53. The Morgan fingerprint density at radius 1 is 0.968 bits per heavy atom. The SMILES string of the molecule is CCOc1cc(C(=O)NCc2ccccc2Cn2cncn2)cc(OCC)c1OCC. The van der Waals surface area contributed by atoms with Crippen molar-refractivity contribution in [2.45, 2.75) is 33.9 Å². The minimum atomic E-state index is -0.222. The first kappa shape index (κ1) is 22.1. The zero-order valence-corrected chi connectivity index (χ0v) is 18.1. The van der Waals surface area contributed by atoms with Crippen LogP contribution in [0.3, 0.4) is 0 Å². The molecule has 0 radical (unpaired) electrons. The van der Waals surface area contributed by atoms with Crippen LogP contribution in [0.1, 0.15) is 42.3 Å². The van der Waals surface area contributed by atoms with E-state index in [1.54, 1.807) is 23.1 Å². The molecule has 1 aromatic heterocycles. The van der Waals surface area contributed by atoms with E-state index < -0.39 is 0 Å². The predicted molar refractivity (Wildman–Crippen MR) is 117 cm³/mol. The monoisotopic (exact) mass is 424 g/mol. The van der Waals surface area contributed by atoms with Gasteiger partial charge in [-0.05, 0) is 44.0 Å². The van der Waals surface area contributed by atoms with Crippen LogP contribution >= 0.6 is 0 Å². The normalized spacial score (nSPS) is 10.5. The molecule has 1 N–H and O–H groups in total. The van der Waals surface area contributed by atoms with Crippen LogP contribution in [0.4, 0.5) is 0 Å². The molecule has 8 nitrogen and oxygen atoms in total. The van der Waals surface area contributed by atoms with Crippen LogP contribution in [-0.2, 0) is 13.1 Å². The topological polar surface area (TPSA) is 87.5 Å². The van der Waals surface area contributed by atoms with Gasteiger partial charge in [0, 0.05) is 12.1 Å². The van der Waals surface area contributed by atoms with Gasteiger partial charge in [-0.2, -0.15) is 5.10 Å². The van der Waals surface area contributed by atoms with Crippen LogP contribution in [0, 0.1) is 0 Å². The Hall–Kier alpha value is -3.55. The highest BCUT2D eigenvalue weighted by molar-refractivity contribution is 5.95. The Balaban J connectivity index is 1.79. The molecule has 3 aromatic rings. The first-order chi connectivity index (χ1) is 15.2. The maximum Gasteiger partial charge on any atom is 0.251 e. The van der Waals surface area contributed by atoms with Crippen molar-refractivity contribution in [3.8, 4) is 17.2 Å². The molecule has 1 amide bonds. The van der Waals surface area contributed by atoms with Crippen molar-refractivity contribution in [3.05, 3.63) is 65.7 Å². The predicted octanol–water partition coefficient (Wildman–Crippen LogP) is 3.45. The second kappa shape index (κ2) is 11.0. The highest BCUT2D eigenvalue weighted by atomic mass is 16.5. The first-order valence-corrected chi connectivity index (χ1v) is 10.4. The van der Waals surface area contributed by atoms with Crippen molar-refractivity contribution in [2.75, 3.05) is 19.8 Å². The molecule has 0 aliphatic carbocycles. The summed E-state index contributed by atoms with van der Waals surface area (Å²) < 4.78 is 18.9. The minimum absolute atomic E-state index is 0.222. The van der Waals surface area contributed by atoms with E-state index in [4.69, 9.17) is 14.2 Å². The second-order valence-corrected chi connectivity index (χ2v) is 6.65. The van der Waals surface area contributed by atoms with Gasteiger partial charge in [0.15, 0.2) is 11.5 Å². The summed E-state index contributed by atoms with van der Waals surface area (Å²) in [7, 11) is 0.